The molecule has 17 heavy (non-hydrogen) atoms. The van der Waals surface area contributed by atoms with Gasteiger partial charge in [-0.05, 0) is 31.2 Å². The first kappa shape index (κ1) is 11.7. The van der Waals surface area contributed by atoms with Gasteiger partial charge >= 0.3 is 0 Å². The summed E-state index contributed by atoms with van der Waals surface area (Å²) in [6.45, 7) is 0.614. The standard InChI is InChI=1S/C14H17NO2/c1-16-13-6-3-2-5-11(13)12(8-9-15)14-7-4-10-17-14/h2-7,10,12H,8-9,15H2,1H3/t12-/m0/s1. The van der Waals surface area contributed by atoms with Gasteiger partial charge in [0.2, 0.25) is 0 Å². The lowest BCUT2D eigenvalue weighted by atomic mass is 9.92. The fourth-order valence-electron chi connectivity index (χ4n) is 2.06. The number of furan rings is 1. The van der Waals surface area contributed by atoms with E-state index in [1.807, 2.05) is 30.3 Å². The van der Waals surface area contributed by atoms with Crippen molar-refractivity contribution in [2.45, 2.75) is 12.3 Å². The first-order chi connectivity index (χ1) is 8.36. The van der Waals surface area contributed by atoms with E-state index in [4.69, 9.17) is 14.9 Å². The van der Waals surface area contributed by atoms with Crippen LogP contribution >= 0.6 is 0 Å². The minimum absolute atomic E-state index is 0.158. The summed E-state index contributed by atoms with van der Waals surface area (Å²) in [6.07, 6.45) is 2.53. The van der Waals surface area contributed by atoms with Crippen LogP contribution in [0.2, 0.25) is 0 Å². The number of nitrogens with two attached hydrogens (primary N) is 1. The normalized spacial score (nSPS) is 12.4. The average molecular weight is 231 g/mol. The number of benzene rings is 1. The molecule has 0 aliphatic heterocycles. The van der Waals surface area contributed by atoms with E-state index in [1.165, 1.54) is 0 Å². The highest BCUT2D eigenvalue weighted by Gasteiger charge is 2.19. The van der Waals surface area contributed by atoms with E-state index in [-0.39, 0.29) is 5.92 Å². The Morgan fingerprint density at radius 3 is 2.71 bits per heavy atom. The Hall–Kier alpha value is -1.74. The van der Waals surface area contributed by atoms with Crippen LogP contribution in [0.3, 0.4) is 0 Å². The molecular formula is C14H17NO2. The van der Waals surface area contributed by atoms with Crippen LogP contribution < -0.4 is 10.5 Å². The molecule has 0 aliphatic rings. The Labute approximate surface area is 101 Å². The van der Waals surface area contributed by atoms with Gasteiger partial charge in [-0.15, -0.1) is 0 Å². The van der Waals surface area contributed by atoms with Crippen molar-refractivity contribution in [2.24, 2.45) is 5.73 Å². The molecule has 3 heteroatoms. The molecular weight excluding hydrogens is 214 g/mol. The molecule has 0 saturated heterocycles. The van der Waals surface area contributed by atoms with E-state index < -0.39 is 0 Å². The SMILES string of the molecule is COc1ccccc1[C@H](CCN)c1ccco1. The second-order valence-electron chi connectivity index (χ2n) is 3.89. The van der Waals surface area contributed by atoms with E-state index in [0.717, 1.165) is 23.5 Å². The van der Waals surface area contributed by atoms with Gasteiger partial charge in [0.1, 0.15) is 11.5 Å². The van der Waals surface area contributed by atoms with Crippen molar-refractivity contribution in [3.8, 4) is 5.75 Å². The van der Waals surface area contributed by atoms with Gasteiger partial charge in [0.15, 0.2) is 0 Å². The Balaban J connectivity index is 2.39. The van der Waals surface area contributed by atoms with Crippen molar-refractivity contribution in [2.75, 3.05) is 13.7 Å². The van der Waals surface area contributed by atoms with Crippen molar-refractivity contribution in [1.82, 2.24) is 0 Å². The molecule has 1 atom stereocenters. The molecule has 3 nitrogen and oxygen atoms in total. The molecule has 0 bridgehead atoms. The molecule has 0 aliphatic carbocycles. The Morgan fingerprint density at radius 2 is 2.06 bits per heavy atom. The molecule has 1 aromatic heterocycles. The minimum atomic E-state index is 0.158. The smallest absolute Gasteiger partial charge is 0.122 e. The number of hydrogen-bond acceptors (Lipinski definition) is 3. The molecule has 0 saturated carbocycles. The predicted molar refractivity (Wildman–Crippen MR) is 67.2 cm³/mol. The maximum absolute atomic E-state index is 5.68. The van der Waals surface area contributed by atoms with Crippen LogP contribution in [0, 0.1) is 0 Å². The van der Waals surface area contributed by atoms with Gasteiger partial charge in [-0.2, -0.15) is 0 Å². The van der Waals surface area contributed by atoms with Gasteiger partial charge in [0.25, 0.3) is 0 Å². The van der Waals surface area contributed by atoms with Crippen molar-refractivity contribution >= 4 is 0 Å². The number of ether oxygens (including phenoxy) is 1. The van der Waals surface area contributed by atoms with Crippen molar-refractivity contribution in [3.05, 3.63) is 54.0 Å². The molecule has 0 amide bonds. The van der Waals surface area contributed by atoms with Crippen LogP contribution in [-0.2, 0) is 0 Å². The fraction of sp³-hybridized carbons (Fsp3) is 0.286. The Kier molecular flexibility index (Phi) is 3.83. The highest BCUT2D eigenvalue weighted by Crippen LogP contribution is 2.33. The first-order valence-corrected chi connectivity index (χ1v) is 5.73. The van der Waals surface area contributed by atoms with Crippen molar-refractivity contribution in [3.63, 3.8) is 0 Å². The molecule has 0 fully saturated rings. The molecule has 2 rings (SSSR count). The van der Waals surface area contributed by atoms with Gasteiger partial charge in [0.05, 0.1) is 13.4 Å². The van der Waals surface area contributed by atoms with Gasteiger partial charge in [-0.3, -0.25) is 0 Å². The summed E-state index contributed by atoms with van der Waals surface area (Å²) < 4.78 is 10.9. The topological polar surface area (TPSA) is 48.4 Å². The quantitative estimate of drug-likeness (QED) is 0.860. The van der Waals surface area contributed by atoms with Crippen LogP contribution in [0.15, 0.2) is 47.1 Å². The molecule has 1 aromatic carbocycles. The summed E-state index contributed by atoms with van der Waals surface area (Å²) >= 11 is 0. The minimum Gasteiger partial charge on any atom is -0.496 e. The molecule has 2 N–H and O–H groups in total. The molecule has 0 spiro atoms. The summed E-state index contributed by atoms with van der Waals surface area (Å²) in [5.41, 5.74) is 6.80. The summed E-state index contributed by atoms with van der Waals surface area (Å²) in [5.74, 6) is 1.97. The van der Waals surface area contributed by atoms with Crippen LogP contribution in [-0.4, -0.2) is 13.7 Å². The van der Waals surface area contributed by atoms with Crippen LogP contribution in [0.1, 0.15) is 23.7 Å². The summed E-state index contributed by atoms with van der Waals surface area (Å²) in [7, 11) is 1.68. The van der Waals surface area contributed by atoms with E-state index in [2.05, 4.69) is 6.07 Å². The van der Waals surface area contributed by atoms with E-state index in [0.29, 0.717) is 6.54 Å². The van der Waals surface area contributed by atoms with E-state index in [9.17, 15) is 0 Å². The molecule has 1 heterocycles. The average Bonchev–Trinajstić information content (AvgIpc) is 2.89. The number of para-hydroxylation sites is 1. The third-order valence-corrected chi connectivity index (χ3v) is 2.86. The van der Waals surface area contributed by atoms with Gasteiger partial charge in [-0.25, -0.2) is 0 Å². The number of rotatable bonds is 5. The maximum Gasteiger partial charge on any atom is 0.122 e. The number of methoxy groups -OCH3 is 1. The van der Waals surface area contributed by atoms with Gasteiger partial charge < -0.3 is 14.9 Å². The molecule has 90 valence electrons. The lowest BCUT2D eigenvalue weighted by molar-refractivity contribution is 0.400. The molecule has 2 aromatic rings. The Morgan fingerprint density at radius 1 is 1.24 bits per heavy atom. The van der Waals surface area contributed by atoms with Crippen LogP contribution in [0.25, 0.3) is 0 Å². The number of hydrogen-bond donors (Lipinski definition) is 1. The lowest BCUT2D eigenvalue weighted by Crippen LogP contribution is -2.09. The first-order valence-electron chi connectivity index (χ1n) is 5.73. The van der Waals surface area contributed by atoms with Crippen LogP contribution in [0.4, 0.5) is 0 Å². The zero-order valence-electron chi connectivity index (χ0n) is 9.93. The summed E-state index contributed by atoms with van der Waals surface area (Å²) in [6, 6.07) is 11.9. The monoisotopic (exact) mass is 231 g/mol. The van der Waals surface area contributed by atoms with E-state index >= 15 is 0 Å². The third kappa shape index (κ3) is 2.50. The van der Waals surface area contributed by atoms with Crippen molar-refractivity contribution in [1.29, 1.82) is 0 Å². The lowest BCUT2D eigenvalue weighted by Gasteiger charge is -2.17. The highest BCUT2D eigenvalue weighted by molar-refractivity contribution is 5.39. The Bertz CT molecular complexity index is 451. The van der Waals surface area contributed by atoms with Gasteiger partial charge in [-0.1, -0.05) is 18.2 Å². The van der Waals surface area contributed by atoms with Gasteiger partial charge in [0, 0.05) is 11.5 Å². The largest absolute Gasteiger partial charge is 0.496 e. The van der Waals surface area contributed by atoms with Crippen molar-refractivity contribution < 1.29 is 9.15 Å². The summed E-state index contributed by atoms with van der Waals surface area (Å²) in [4.78, 5) is 0. The zero-order chi connectivity index (χ0) is 12.1. The molecule has 0 unspecified atom stereocenters. The maximum atomic E-state index is 5.68. The third-order valence-electron chi connectivity index (χ3n) is 2.86. The zero-order valence-corrected chi connectivity index (χ0v) is 9.93. The fourth-order valence-corrected chi connectivity index (χ4v) is 2.06. The predicted octanol–water partition coefficient (Wildman–Crippen LogP) is 2.77. The van der Waals surface area contributed by atoms with E-state index in [1.54, 1.807) is 13.4 Å². The second-order valence-corrected chi connectivity index (χ2v) is 3.89. The second kappa shape index (κ2) is 5.55. The summed E-state index contributed by atoms with van der Waals surface area (Å²) in [5, 5.41) is 0. The van der Waals surface area contributed by atoms with Crippen LogP contribution in [0.5, 0.6) is 5.75 Å². The molecule has 0 radical (unpaired) electrons. The highest BCUT2D eigenvalue weighted by atomic mass is 16.5.